The maximum Gasteiger partial charge on any atom is 0.325 e. The minimum Gasteiger partial charge on any atom is -0.468 e. The normalized spacial score (nSPS) is 10.7. The lowest BCUT2D eigenvalue weighted by molar-refractivity contribution is -0.139. The highest BCUT2D eigenvalue weighted by Gasteiger charge is 2.22. The average Bonchev–Trinajstić information content (AvgIpc) is 2.96. The van der Waals surface area contributed by atoms with Crippen LogP contribution in [-0.2, 0) is 9.53 Å². The minimum atomic E-state index is -0.584. The van der Waals surface area contributed by atoms with Crippen LogP contribution in [0.15, 0.2) is 47.1 Å². The van der Waals surface area contributed by atoms with Crippen molar-refractivity contribution in [2.45, 2.75) is 6.92 Å². The smallest absolute Gasteiger partial charge is 0.325 e. The van der Waals surface area contributed by atoms with Crippen LogP contribution in [0.2, 0.25) is 0 Å². The number of methoxy groups -OCH3 is 1. The van der Waals surface area contributed by atoms with Crippen molar-refractivity contribution >= 4 is 44.8 Å². The van der Waals surface area contributed by atoms with Crippen LogP contribution >= 0.6 is 15.9 Å². The Kier molecular flexibility index (Phi) is 5.51. The van der Waals surface area contributed by atoms with Crippen LogP contribution < -0.4 is 11.1 Å². The summed E-state index contributed by atoms with van der Waals surface area (Å²) in [7, 11) is 1.23. The first-order valence-electron chi connectivity index (χ1n) is 8.39. The van der Waals surface area contributed by atoms with Crippen molar-refractivity contribution in [2.75, 3.05) is 19.4 Å². The van der Waals surface area contributed by atoms with Gasteiger partial charge in [-0.1, -0.05) is 6.07 Å². The number of fused-ring (bicyclic) bond motifs is 1. The molecule has 0 spiro atoms. The maximum atomic E-state index is 13.2. The van der Waals surface area contributed by atoms with Crippen molar-refractivity contribution < 1.29 is 19.1 Å². The Morgan fingerprint density at radius 1 is 1.21 bits per heavy atom. The zero-order valence-electron chi connectivity index (χ0n) is 15.3. The van der Waals surface area contributed by atoms with Crippen LogP contribution in [0.3, 0.4) is 0 Å². The third-order valence-corrected chi connectivity index (χ3v) is 5.41. The molecule has 0 fully saturated rings. The summed E-state index contributed by atoms with van der Waals surface area (Å²) in [6, 6.07) is 10.1. The van der Waals surface area contributed by atoms with E-state index in [0.29, 0.717) is 11.3 Å². The SMILES string of the molecule is COC(=O)CNC(=O)c1cc(C(=O)c2c(C)c(Br)c3ccccn23)ccc1N. The van der Waals surface area contributed by atoms with Crippen LogP contribution in [0.4, 0.5) is 5.69 Å². The molecule has 0 saturated heterocycles. The summed E-state index contributed by atoms with van der Waals surface area (Å²) < 4.78 is 7.13. The molecular weight excluding hydrogens is 426 g/mol. The number of nitrogen functional groups attached to an aromatic ring is 1. The zero-order chi connectivity index (χ0) is 20.4. The van der Waals surface area contributed by atoms with Gasteiger partial charge in [-0.3, -0.25) is 14.4 Å². The molecule has 1 aromatic carbocycles. The minimum absolute atomic E-state index is 0.118. The number of aromatic nitrogens is 1. The van der Waals surface area contributed by atoms with E-state index in [-0.39, 0.29) is 23.6 Å². The van der Waals surface area contributed by atoms with E-state index in [9.17, 15) is 14.4 Å². The summed E-state index contributed by atoms with van der Waals surface area (Å²) in [4.78, 5) is 36.8. The van der Waals surface area contributed by atoms with Gasteiger partial charge in [0.1, 0.15) is 6.54 Å². The highest BCUT2D eigenvalue weighted by atomic mass is 79.9. The quantitative estimate of drug-likeness (QED) is 0.358. The monoisotopic (exact) mass is 443 g/mol. The number of esters is 1. The molecule has 0 radical (unpaired) electrons. The lowest BCUT2D eigenvalue weighted by Gasteiger charge is -2.09. The van der Waals surface area contributed by atoms with Crippen molar-refractivity contribution in [3.8, 4) is 0 Å². The average molecular weight is 444 g/mol. The molecule has 2 aromatic heterocycles. The Hall–Kier alpha value is -3.13. The van der Waals surface area contributed by atoms with Crippen molar-refractivity contribution in [1.29, 1.82) is 0 Å². The lowest BCUT2D eigenvalue weighted by Crippen LogP contribution is -2.30. The van der Waals surface area contributed by atoms with E-state index >= 15 is 0 Å². The number of pyridine rings is 1. The summed E-state index contributed by atoms with van der Waals surface area (Å²) in [6.07, 6.45) is 1.81. The fourth-order valence-corrected chi connectivity index (χ4v) is 3.44. The molecule has 0 bridgehead atoms. The summed E-state index contributed by atoms with van der Waals surface area (Å²) in [6.45, 7) is 1.56. The third kappa shape index (κ3) is 3.50. The molecule has 28 heavy (non-hydrogen) atoms. The number of benzene rings is 1. The molecule has 0 aliphatic carbocycles. The van der Waals surface area contributed by atoms with E-state index in [0.717, 1.165) is 15.6 Å². The number of amides is 1. The Labute approximate surface area is 169 Å². The van der Waals surface area contributed by atoms with Gasteiger partial charge < -0.3 is 20.2 Å². The molecule has 3 rings (SSSR count). The number of halogens is 1. The number of hydrogen-bond donors (Lipinski definition) is 2. The second-order valence-corrected chi connectivity index (χ2v) is 6.93. The topological polar surface area (TPSA) is 103 Å². The van der Waals surface area contributed by atoms with Crippen LogP contribution in [-0.4, -0.2) is 35.7 Å². The Morgan fingerprint density at radius 2 is 1.96 bits per heavy atom. The molecule has 0 atom stereocenters. The number of ether oxygens (including phenoxy) is 1. The number of carbonyl (C=O) groups is 3. The van der Waals surface area contributed by atoms with Gasteiger partial charge in [-0.15, -0.1) is 0 Å². The van der Waals surface area contributed by atoms with Crippen molar-refractivity contribution in [2.24, 2.45) is 0 Å². The number of nitrogens with two attached hydrogens (primary N) is 1. The van der Waals surface area contributed by atoms with Gasteiger partial charge in [-0.25, -0.2) is 0 Å². The zero-order valence-corrected chi connectivity index (χ0v) is 16.9. The van der Waals surface area contributed by atoms with Gasteiger partial charge in [0.15, 0.2) is 0 Å². The number of hydrogen-bond acceptors (Lipinski definition) is 5. The largest absolute Gasteiger partial charge is 0.468 e. The van der Waals surface area contributed by atoms with Gasteiger partial charge in [-0.2, -0.15) is 0 Å². The van der Waals surface area contributed by atoms with Crippen LogP contribution in [0.5, 0.6) is 0 Å². The number of ketones is 1. The number of carbonyl (C=O) groups excluding carboxylic acids is 3. The van der Waals surface area contributed by atoms with E-state index in [4.69, 9.17) is 5.73 Å². The fourth-order valence-electron chi connectivity index (χ4n) is 2.92. The summed E-state index contributed by atoms with van der Waals surface area (Å²) >= 11 is 3.53. The summed E-state index contributed by atoms with van der Waals surface area (Å²) in [5, 5.41) is 2.42. The fraction of sp³-hybridized carbons (Fsp3) is 0.150. The van der Waals surface area contributed by atoms with Gasteiger partial charge in [0, 0.05) is 21.9 Å². The molecular formula is C20H18BrN3O4. The Bertz CT molecular complexity index is 1100. The lowest BCUT2D eigenvalue weighted by atomic mass is 10.0. The predicted octanol–water partition coefficient (Wildman–Crippen LogP) is 2.73. The summed E-state index contributed by atoms with van der Waals surface area (Å²) in [5.74, 6) is -1.39. The molecule has 3 N–H and O–H groups in total. The molecule has 2 heterocycles. The van der Waals surface area contributed by atoms with Crippen LogP contribution in [0, 0.1) is 6.92 Å². The highest BCUT2D eigenvalue weighted by molar-refractivity contribution is 9.10. The molecule has 0 saturated carbocycles. The first-order chi connectivity index (χ1) is 13.3. The van der Waals surface area contributed by atoms with Crippen molar-refractivity contribution in [3.05, 3.63) is 69.5 Å². The second-order valence-electron chi connectivity index (χ2n) is 6.13. The standard InChI is InChI=1S/C20H18BrN3O4/c1-11-17(21)15-5-3-4-8-24(15)18(11)19(26)12-6-7-14(22)13(9-12)20(27)23-10-16(25)28-2/h3-9H,10,22H2,1-2H3,(H,23,27). The van der Waals surface area contributed by atoms with E-state index in [1.54, 1.807) is 10.5 Å². The predicted molar refractivity (Wildman–Crippen MR) is 108 cm³/mol. The van der Waals surface area contributed by atoms with Crippen molar-refractivity contribution in [3.63, 3.8) is 0 Å². The molecule has 0 aliphatic heterocycles. The van der Waals surface area contributed by atoms with Gasteiger partial charge in [0.2, 0.25) is 5.78 Å². The number of nitrogens with zero attached hydrogens (tertiary/aromatic N) is 1. The van der Waals surface area contributed by atoms with E-state index in [1.165, 1.54) is 19.2 Å². The van der Waals surface area contributed by atoms with Gasteiger partial charge in [-0.05, 0) is 58.7 Å². The van der Waals surface area contributed by atoms with Gasteiger partial charge in [0.05, 0.1) is 23.9 Å². The maximum absolute atomic E-state index is 13.2. The molecule has 3 aromatic rings. The third-order valence-electron chi connectivity index (χ3n) is 4.41. The molecule has 7 nitrogen and oxygen atoms in total. The van der Waals surface area contributed by atoms with E-state index in [2.05, 4.69) is 26.0 Å². The second kappa shape index (κ2) is 7.85. The summed E-state index contributed by atoms with van der Waals surface area (Å²) in [5.41, 5.74) is 8.69. The number of nitrogens with one attached hydrogen (secondary N) is 1. The van der Waals surface area contributed by atoms with Crippen LogP contribution in [0.1, 0.15) is 32.0 Å². The number of anilines is 1. The molecule has 0 unspecified atom stereocenters. The van der Waals surface area contributed by atoms with Crippen LogP contribution in [0.25, 0.3) is 5.52 Å². The number of rotatable bonds is 5. The Balaban J connectivity index is 1.99. The first kappa shape index (κ1) is 19.6. The molecule has 1 amide bonds. The van der Waals surface area contributed by atoms with E-state index < -0.39 is 11.9 Å². The Morgan fingerprint density at radius 3 is 2.68 bits per heavy atom. The van der Waals surface area contributed by atoms with Crippen molar-refractivity contribution in [1.82, 2.24) is 9.72 Å². The molecule has 144 valence electrons. The molecule has 0 aliphatic rings. The van der Waals surface area contributed by atoms with E-state index in [1.807, 2.05) is 31.3 Å². The van der Waals surface area contributed by atoms with Gasteiger partial charge in [0.25, 0.3) is 5.91 Å². The highest BCUT2D eigenvalue weighted by Crippen LogP contribution is 2.30. The first-order valence-corrected chi connectivity index (χ1v) is 9.18. The van der Waals surface area contributed by atoms with Gasteiger partial charge >= 0.3 is 5.97 Å². The molecule has 8 heteroatoms.